The van der Waals surface area contributed by atoms with Crippen molar-refractivity contribution in [2.75, 3.05) is 0 Å². The topological polar surface area (TPSA) is 9.23 Å². The van der Waals surface area contributed by atoms with Crippen molar-refractivity contribution in [1.82, 2.24) is 0 Å². The lowest BCUT2D eigenvalue weighted by Crippen LogP contribution is -1.90. The molecule has 1 heteroatoms. The molecule has 0 unspecified atom stereocenters. The highest BCUT2D eigenvalue weighted by Gasteiger charge is 2.13. The average molecular weight is 471 g/mol. The molecule has 0 N–H and O–H groups in total. The first-order valence-electron chi connectivity index (χ1n) is 12.7. The number of rotatable bonds is 2. The fourth-order valence-corrected chi connectivity index (χ4v) is 5.82. The van der Waals surface area contributed by atoms with Gasteiger partial charge in [0.1, 0.15) is 11.5 Å². The lowest BCUT2D eigenvalue weighted by atomic mass is 9.97. The second-order valence-corrected chi connectivity index (χ2v) is 9.78. The standard InChI is InChI=1S/C36H22O/c1-3-9-27-21-31-29(19-25(27)7-1)17-15-23-11-5-13-33(35(23)31)37-34-14-6-12-24-16-18-30-20-26-8-2-4-10-28(26)22-32(30)36(24)34/h1-22H. The van der Waals surface area contributed by atoms with Gasteiger partial charge in [-0.1, -0.05) is 97.1 Å². The molecule has 8 aromatic carbocycles. The van der Waals surface area contributed by atoms with Crippen molar-refractivity contribution in [3.05, 3.63) is 133 Å². The molecule has 0 amide bonds. The summed E-state index contributed by atoms with van der Waals surface area (Å²) in [5.74, 6) is 1.76. The first-order chi connectivity index (χ1) is 18.3. The van der Waals surface area contributed by atoms with Crippen LogP contribution >= 0.6 is 0 Å². The summed E-state index contributed by atoms with van der Waals surface area (Å²) in [4.78, 5) is 0. The molecule has 0 spiro atoms. The van der Waals surface area contributed by atoms with E-state index < -0.39 is 0 Å². The van der Waals surface area contributed by atoms with Gasteiger partial charge in [-0.25, -0.2) is 0 Å². The van der Waals surface area contributed by atoms with E-state index in [1.54, 1.807) is 0 Å². The second kappa shape index (κ2) is 7.81. The van der Waals surface area contributed by atoms with E-state index in [0.717, 1.165) is 22.3 Å². The smallest absolute Gasteiger partial charge is 0.135 e. The molecule has 172 valence electrons. The molecule has 0 aliphatic rings. The molecule has 8 rings (SSSR count). The maximum atomic E-state index is 6.85. The van der Waals surface area contributed by atoms with Crippen molar-refractivity contribution >= 4 is 64.6 Å². The Kier molecular flexibility index (Phi) is 4.29. The predicted molar refractivity (Wildman–Crippen MR) is 158 cm³/mol. The predicted octanol–water partition coefficient (Wildman–Crippen LogP) is 10.4. The molecule has 1 nitrogen and oxygen atoms in total. The van der Waals surface area contributed by atoms with Gasteiger partial charge in [0.05, 0.1) is 0 Å². The van der Waals surface area contributed by atoms with Crippen LogP contribution in [0.2, 0.25) is 0 Å². The summed E-state index contributed by atoms with van der Waals surface area (Å²) < 4.78 is 6.85. The Morgan fingerprint density at radius 2 is 0.676 bits per heavy atom. The van der Waals surface area contributed by atoms with E-state index >= 15 is 0 Å². The van der Waals surface area contributed by atoms with Crippen LogP contribution in [0.5, 0.6) is 11.5 Å². The summed E-state index contributed by atoms with van der Waals surface area (Å²) in [6, 6.07) is 47.7. The van der Waals surface area contributed by atoms with E-state index in [-0.39, 0.29) is 0 Å². The maximum Gasteiger partial charge on any atom is 0.135 e. The number of hydrogen-bond donors (Lipinski definition) is 0. The van der Waals surface area contributed by atoms with E-state index in [4.69, 9.17) is 4.74 Å². The minimum atomic E-state index is 0.878. The van der Waals surface area contributed by atoms with Crippen molar-refractivity contribution in [1.29, 1.82) is 0 Å². The van der Waals surface area contributed by atoms with Crippen LogP contribution in [-0.4, -0.2) is 0 Å². The zero-order valence-corrected chi connectivity index (χ0v) is 20.1. The SMILES string of the molecule is c1ccc2cc3c(ccc4cccc(Oc5cccc6ccc7cc8ccccc8cc7c56)c43)cc2c1. The van der Waals surface area contributed by atoms with Gasteiger partial charge in [0, 0.05) is 10.8 Å². The Morgan fingerprint density at radius 1 is 0.297 bits per heavy atom. The number of fused-ring (bicyclic) bond motifs is 8. The molecule has 8 aromatic rings. The third-order valence-corrected chi connectivity index (χ3v) is 7.60. The molecule has 37 heavy (non-hydrogen) atoms. The van der Waals surface area contributed by atoms with Crippen LogP contribution in [0.1, 0.15) is 0 Å². The maximum absolute atomic E-state index is 6.85. The monoisotopic (exact) mass is 470 g/mol. The Labute approximate surface area is 214 Å². The third kappa shape index (κ3) is 3.18. The molecule has 0 aromatic heterocycles. The average Bonchev–Trinajstić information content (AvgIpc) is 2.95. The highest BCUT2D eigenvalue weighted by molar-refractivity contribution is 6.16. The van der Waals surface area contributed by atoms with Gasteiger partial charge in [0.2, 0.25) is 0 Å². The lowest BCUT2D eigenvalue weighted by molar-refractivity contribution is 0.495. The largest absolute Gasteiger partial charge is 0.456 e. The Balaban J connectivity index is 1.40. The van der Waals surface area contributed by atoms with E-state index in [1.165, 1.54) is 53.9 Å². The third-order valence-electron chi connectivity index (χ3n) is 7.60. The molecule has 0 saturated heterocycles. The van der Waals surface area contributed by atoms with Gasteiger partial charge in [0.15, 0.2) is 0 Å². The number of benzene rings is 8. The minimum Gasteiger partial charge on any atom is -0.456 e. The summed E-state index contributed by atoms with van der Waals surface area (Å²) in [7, 11) is 0. The van der Waals surface area contributed by atoms with Crippen molar-refractivity contribution in [2.45, 2.75) is 0 Å². The first kappa shape index (κ1) is 20.3. The lowest BCUT2D eigenvalue weighted by Gasteiger charge is -2.15. The number of hydrogen-bond acceptors (Lipinski definition) is 1. The van der Waals surface area contributed by atoms with Crippen molar-refractivity contribution in [2.24, 2.45) is 0 Å². The van der Waals surface area contributed by atoms with Crippen LogP contribution in [0.25, 0.3) is 64.6 Å². The van der Waals surface area contributed by atoms with Gasteiger partial charge < -0.3 is 4.74 Å². The molecule has 0 fully saturated rings. The molecule has 0 saturated carbocycles. The summed E-state index contributed by atoms with van der Waals surface area (Å²) >= 11 is 0. The fourth-order valence-electron chi connectivity index (χ4n) is 5.82. The summed E-state index contributed by atoms with van der Waals surface area (Å²) in [5.41, 5.74) is 0. The zero-order valence-electron chi connectivity index (χ0n) is 20.1. The van der Waals surface area contributed by atoms with E-state index in [9.17, 15) is 0 Å². The molecule has 0 atom stereocenters. The van der Waals surface area contributed by atoms with Gasteiger partial charge in [0.25, 0.3) is 0 Å². The molecule has 0 radical (unpaired) electrons. The normalized spacial score (nSPS) is 11.8. The highest BCUT2D eigenvalue weighted by atomic mass is 16.5. The van der Waals surface area contributed by atoms with E-state index in [1.807, 2.05) is 0 Å². The summed E-state index contributed by atoms with van der Waals surface area (Å²) in [5, 5.41) is 14.5. The van der Waals surface area contributed by atoms with Gasteiger partial charge in [-0.15, -0.1) is 0 Å². The van der Waals surface area contributed by atoms with Gasteiger partial charge in [-0.3, -0.25) is 0 Å². The first-order valence-corrected chi connectivity index (χ1v) is 12.7. The Hall–Kier alpha value is -4.88. The van der Waals surface area contributed by atoms with Gasteiger partial charge in [-0.2, -0.15) is 0 Å². The van der Waals surface area contributed by atoms with Crippen LogP contribution in [0.15, 0.2) is 133 Å². The van der Waals surface area contributed by atoms with E-state index in [0.29, 0.717) is 0 Å². The van der Waals surface area contributed by atoms with Crippen molar-refractivity contribution in [3.8, 4) is 11.5 Å². The quantitative estimate of drug-likeness (QED) is 0.180. The van der Waals surface area contributed by atoms with Crippen LogP contribution in [0.4, 0.5) is 0 Å². The van der Waals surface area contributed by atoms with Crippen molar-refractivity contribution < 1.29 is 4.74 Å². The van der Waals surface area contributed by atoms with Gasteiger partial charge >= 0.3 is 0 Å². The number of ether oxygens (including phenoxy) is 1. The fraction of sp³-hybridized carbons (Fsp3) is 0. The van der Waals surface area contributed by atoms with Crippen molar-refractivity contribution in [3.63, 3.8) is 0 Å². The Morgan fingerprint density at radius 3 is 1.14 bits per heavy atom. The van der Waals surface area contributed by atoms with E-state index in [2.05, 4.69) is 133 Å². The molecule has 0 bridgehead atoms. The van der Waals surface area contributed by atoms with Crippen LogP contribution in [0, 0.1) is 0 Å². The summed E-state index contributed by atoms with van der Waals surface area (Å²) in [6.45, 7) is 0. The molecule has 0 heterocycles. The van der Waals surface area contributed by atoms with Crippen LogP contribution in [0.3, 0.4) is 0 Å². The zero-order chi connectivity index (χ0) is 24.3. The minimum absolute atomic E-state index is 0.878. The molecule has 0 aliphatic carbocycles. The second-order valence-electron chi connectivity index (χ2n) is 9.78. The molecule has 0 aliphatic heterocycles. The Bertz CT molecular complexity index is 2010. The molecular weight excluding hydrogens is 448 g/mol. The van der Waals surface area contributed by atoms with Gasteiger partial charge in [-0.05, 0) is 90.3 Å². The van der Waals surface area contributed by atoms with Crippen LogP contribution < -0.4 is 4.74 Å². The highest BCUT2D eigenvalue weighted by Crippen LogP contribution is 2.41. The summed E-state index contributed by atoms with van der Waals surface area (Å²) in [6.07, 6.45) is 0. The molecular formula is C36H22O. The van der Waals surface area contributed by atoms with Crippen LogP contribution in [-0.2, 0) is 0 Å².